The first-order valence-electron chi connectivity index (χ1n) is 13.5. The summed E-state index contributed by atoms with van der Waals surface area (Å²) in [6.07, 6.45) is 4.68. The van der Waals surface area contributed by atoms with E-state index in [-0.39, 0.29) is 23.8 Å². The normalized spacial score (nSPS) is 20.8. The molecule has 2 aromatic heterocycles. The monoisotopic (exact) mass is 592 g/mol. The highest BCUT2D eigenvalue weighted by Gasteiger charge is 2.36. The van der Waals surface area contributed by atoms with Crippen molar-refractivity contribution >= 4 is 50.3 Å². The van der Waals surface area contributed by atoms with Crippen LogP contribution in [-0.2, 0) is 16.6 Å². The van der Waals surface area contributed by atoms with Crippen LogP contribution in [0.1, 0.15) is 69.4 Å². The lowest BCUT2D eigenvalue weighted by Gasteiger charge is -2.33. The summed E-state index contributed by atoms with van der Waals surface area (Å²) in [5, 5.41) is 14.2. The Kier molecular flexibility index (Phi) is 7.68. The number of hydrogen-bond acceptors (Lipinski definition) is 5. The summed E-state index contributed by atoms with van der Waals surface area (Å²) < 4.78 is 9.11. The van der Waals surface area contributed by atoms with Crippen LogP contribution in [0.3, 0.4) is 0 Å². The molecule has 0 saturated heterocycles. The van der Waals surface area contributed by atoms with Crippen LogP contribution in [0.15, 0.2) is 28.7 Å². The zero-order chi connectivity index (χ0) is 27.8. The summed E-state index contributed by atoms with van der Waals surface area (Å²) in [6.45, 7) is 5.68. The third-order valence-corrected chi connectivity index (χ3v) is 8.79. The molecule has 3 atom stereocenters. The van der Waals surface area contributed by atoms with E-state index in [9.17, 15) is 14.7 Å². The second-order valence-corrected chi connectivity index (χ2v) is 11.4. The molecule has 0 radical (unpaired) electrons. The van der Waals surface area contributed by atoms with Gasteiger partial charge in [-0.1, -0.05) is 35.2 Å². The molecule has 1 aromatic carbocycles. The number of amides is 1. The predicted molar refractivity (Wildman–Crippen MR) is 153 cm³/mol. The van der Waals surface area contributed by atoms with E-state index in [2.05, 4.69) is 38.9 Å². The molecule has 0 spiro atoms. The Morgan fingerprint density at radius 1 is 1.23 bits per heavy atom. The van der Waals surface area contributed by atoms with E-state index in [1.54, 1.807) is 16.5 Å². The molecule has 3 aromatic rings. The smallest absolute Gasteiger partial charge is 0.308 e. The summed E-state index contributed by atoms with van der Waals surface area (Å²) in [5.41, 5.74) is 4.26. The molecule has 2 saturated carbocycles. The Morgan fingerprint density at radius 2 is 2.00 bits per heavy atom. The van der Waals surface area contributed by atoms with Gasteiger partial charge in [-0.25, -0.2) is 4.98 Å². The number of carboxylic acid groups (broad SMARTS) is 1. The molecule has 8 nitrogen and oxygen atoms in total. The Hall–Kier alpha value is -3.38. The molecule has 39 heavy (non-hydrogen) atoms. The van der Waals surface area contributed by atoms with Crippen LogP contribution in [-0.4, -0.2) is 37.9 Å². The van der Waals surface area contributed by atoms with Crippen molar-refractivity contribution in [3.05, 3.63) is 39.9 Å². The molecular weight excluding hydrogens is 560 g/mol. The lowest BCUT2D eigenvalue weighted by atomic mass is 9.76. The van der Waals surface area contributed by atoms with Crippen LogP contribution >= 0.6 is 15.9 Å². The number of aliphatic carboxylic acids is 1. The molecule has 2 aliphatic carbocycles. The second-order valence-electron chi connectivity index (χ2n) is 10.6. The van der Waals surface area contributed by atoms with Crippen molar-refractivity contribution in [2.75, 3.05) is 4.90 Å². The standard InChI is InChI=1S/C30H33BrN4O4/c1-5-7-27(36)35(25-14-17(3)23(31)16-22(25)19-8-9-19)26-13-12-24-28(32-26)29(33-34(24)4)39-20-10-11-21(30(37)38)18(6-2)15-20/h12-14,16,18-21H,6,8-11,15H2,1-4H3,(H,37,38)/t18-,20-,21+/m1/s1. The van der Waals surface area contributed by atoms with Gasteiger partial charge in [0.05, 0.1) is 17.1 Å². The maximum atomic E-state index is 13.4. The number of carbonyl (C=O) groups excluding carboxylic acids is 1. The van der Waals surface area contributed by atoms with Crippen molar-refractivity contribution < 1.29 is 19.4 Å². The molecule has 9 heteroatoms. The highest BCUT2D eigenvalue weighted by molar-refractivity contribution is 9.10. The Labute approximate surface area is 236 Å². The molecule has 1 N–H and O–H groups in total. The van der Waals surface area contributed by atoms with Gasteiger partial charge in [0.25, 0.3) is 5.88 Å². The van der Waals surface area contributed by atoms with E-state index in [1.165, 1.54) is 0 Å². The van der Waals surface area contributed by atoms with Gasteiger partial charge in [0.1, 0.15) is 11.9 Å². The van der Waals surface area contributed by atoms with Gasteiger partial charge in [0, 0.05) is 11.5 Å². The van der Waals surface area contributed by atoms with Crippen molar-refractivity contribution in [3.63, 3.8) is 0 Å². The number of pyridine rings is 1. The van der Waals surface area contributed by atoms with Crippen molar-refractivity contribution in [2.45, 2.75) is 71.3 Å². The van der Waals surface area contributed by atoms with Gasteiger partial charge >= 0.3 is 11.9 Å². The van der Waals surface area contributed by atoms with E-state index in [0.29, 0.717) is 42.4 Å². The lowest BCUT2D eigenvalue weighted by Crippen LogP contribution is -2.35. The number of halogens is 1. The van der Waals surface area contributed by atoms with Gasteiger partial charge in [-0.2, -0.15) is 0 Å². The maximum absolute atomic E-state index is 13.4. The highest BCUT2D eigenvalue weighted by Crippen LogP contribution is 2.47. The minimum Gasteiger partial charge on any atom is -0.481 e. The van der Waals surface area contributed by atoms with E-state index in [4.69, 9.17) is 9.72 Å². The molecule has 2 fully saturated rings. The Balaban J connectivity index is 1.54. The molecule has 2 aliphatic rings. The summed E-state index contributed by atoms with van der Waals surface area (Å²) in [6, 6.07) is 7.85. The summed E-state index contributed by atoms with van der Waals surface area (Å²) in [4.78, 5) is 31.6. The largest absolute Gasteiger partial charge is 0.481 e. The van der Waals surface area contributed by atoms with Gasteiger partial charge in [-0.15, -0.1) is 5.10 Å². The number of nitrogens with zero attached hydrogens (tertiary/aromatic N) is 4. The maximum Gasteiger partial charge on any atom is 0.308 e. The van der Waals surface area contributed by atoms with Gasteiger partial charge < -0.3 is 9.84 Å². The van der Waals surface area contributed by atoms with Crippen molar-refractivity contribution in [1.29, 1.82) is 0 Å². The number of hydrogen-bond donors (Lipinski definition) is 1. The lowest BCUT2D eigenvalue weighted by molar-refractivity contribution is -0.145. The number of aryl methyl sites for hydroxylation is 2. The fourth-order valence-corrected chi connectivity index (χ4v) is 6.02. The number of carbonyl (C=O) groups is 2. The highest BCUT2D eigenvalue weighted by atomic mass is 79.9. The van der Waals surface area contributed by atoms with E-state index in [0.717, 1.165) is 46.1 Å². The first-order chi connectivity index (χ1) is 18.7. The first kappa shape index (κ1) is 27.2. The van der Waals surface area contributed by atoms with Gasteiger partial charge in [-0.05, 0) is 99.1 Å². The molecule has 2 heterocycles. The Morgan fingerprint density at radius 3 is 2.67 bits per heavy atom. The first-order valence-corrected chi connectivity index (χ1v) is 14.3. The third kappa shape index (κ3) is 5.40. The number of fused-ring (bicyclic) bond motifs is 1. The molecule has 0 aliphatic heterocycles. The summed E-state index contributed by atoms with van der Waals surface area (Å²) in [5.74, 6) is 5.34. The van der Waals surface area contributed by atoms with E-state index in [1.807, 2.05) is 39.1 Å². The van der Waals surface area contributed by atoms with Crippen molar-refractivity contribution in [3.8, 4) is 17.7 Å². The molecule has 0 unspecified atom stereocenters. The molecular formula is C30H33BrN4O4. The second kappa shape index (κ2) is 11.0. The zero-order valence-electron chi connectivity index (χ0n) is 22.7. The van der Waals surface area contributed by atoms with Crippen LogP contribution in [0.4, 0.5) is 11.5 Å². The number of anilines is 2. The average molecular weight is 594 g/mol. The minimum atomic E-state index is -0.733. The van der Waals surface area contributed by atoms with Crippen molar-refractivity contribution in [1.82, 2.24) is 14.8 Å². The van der Waals surface area contributed by atoms with Crippen LogP contribution < -0.4 is 9.64 Å². The van der Waals surface area contributed by atoms with Crippen LogP contribution in [0.2, 0.25) is 0 Å². The fourth-order valence-electron chi connectivity index (χ4n) is 5.66. The average Bonchev–Trinajstić information content (AvgIpc) is 3.71. The van der Waals surface area contributed by atoms with Crippen molar-refractivity contribution in [2.24, 2.45) is 18.9 Å². The SMILES string of the molecule is CC#CC(=O)N(c1ccc2c(n1)c(O[C@@H]1CC[C@H](C(=O)O)[C@H](CC)C1)nn2C)c1cc(C)c(Br)cc1C1CC1. The number of rotatable bonds is 7. The van der Waals surface area contributed by atoms with Crippen LogP contribution in [0.5, 0.6) is 5.88 Å². The molecule has 1 amide bonds. The summed E-state index contributed by atoms with van der Waals surface area (Å²) >= 11 is 3.66. The van der Waals surface area contributed by atoms with Gasteiger partial charge in [-0.3, -0.25) is 19.2 Å². The van der Waals surface area contributed by atoms with E-state index >= 15 is 0 Å². The molecule has 0 bridgehead atoms. The summed E-state index contributed by atoms with van der Waals surface area (Å²) in [7, 11) is 1.83. The predicted octanol–water partition coefficient (Wildman–Crippen LogP) is 6.26. The quantitative estimate of drug-likeness (QED) is 0.325. The van der Waals surface area contributed by atoms with Gasteiger partial charge in [0.2, 0.25) is 0 Å². The molecule has 5 rings (SSSR count). The third-order valence-electron chi connectivity index (χ3n) is 7.94. The topological polar surface area (TPSA) is 97.6 Å². The number of aromatic nitrogens is 3. The number of benzene rings is 1. The van der Waals surface area contributed by atoms with E-state index < -0.39 is 5.97 Å². The minimum absolute atomic E-state index is 0.0574. The Bertz CT molecular complexity index is 1500. The fraction of sp³-hybridized carbons (Fsp3) is 0.467. The van der Waals surface area contributed by atoms with Crippen LogP contribution in [0, 0.1) is 30.6 Å². The number of carboxylic acids is 1. The number of ether oxygens (including phenoxy) is 1. The zero-order valence-corrected chi connectivity index (χ0v) is 24.3. The molecule has 204 valence electrons. The van der Waals surface area contributed by atoms with Gasteiger partial charge in [0.15, 0.2) is 5.52 Å². The van der Waals surface area contributed by atoms with Crippen LogP contribution in [0.25, 0.3) is 11.0 Å².